The van der Waals surface area contributed by atoms with Crippen molar-refractivity contribution in [1.29, 1.82) is 0 Å². The molecule has 1 amide bonds. The summed E-state index contributed by atoms with van der Waals surface area (Å²) in [6, 6.07) is 6.43. The minimum Gasteiger partial charge on any atom is -0.354 e. The number of hydrogen-bond acceptors (Lipinski definition) is 2. The van der Waals surface area contributed by atoms with E-state index < -0.39 is 0 Å². The molecule has 2 rings (SSSR count). The van der Waals surface area contributed by atoms with Crippen LogP contribution in [0, 0.1) is 5.82 Å². The number of hydrogen-bond donors (Lipinski definition) is 1. The Hall–Kier alpha value is -1.42. The van der Waals surface area contributed by atoms with Crippen LogP contribution >= 0.6 is 0 Å². The van der Waals surface area contributed by atoms with Gasteiger partial charge in [-0.25, -0.2) is 4.39 Å². The van der Waals surface area contributed by atoms with Crippen LogP contribution in [0.25, 0.3) is 0 Å². The number of benzene rings is 1. The number of likely N-dealkylation sites (tertiary alicyclic amines) is 1. The molecule has 1 N–H and O–H groups in total. The molecule has 1 aromatic rings. The van der Waals surface area contributed by atoms with Gasteiger partial charge in [-0.05, 0) is 50.6 Å². The van der Waals surface area contributed by atoms with Crippen LogP contribution in [0.3, 0.4) is 0 Å². The minimum absolute atomic E-state index is 0.0157. The number of carbonyl (C=O) groups excluding carboxylic acids is 1. The van der Waals surface area contributed by atoms with Crippen molar-refractivity contribution in [3.8, 4) is 0 Å². The second-order valence-corrected chi connectivity index (χ2v) is 5.16. The molecule has 1 aliphatic rings. The Morgan fingerprint density at radius 2 is 2.11 bits per heavy atom. The van der Waals surface area contributed by atoms with Crippen LogP contribution < -0.4 is 5.32 Å². The van der Waals surface area contributed by atoms with E-state index in [0.29, 0.717) is 6.54 Å². The van der Waals surface area contributed by atoms with Crippen LogP contribution in [0.1, 0.15) is 24.8 Å². The van der Waals surface area contributed by atoms with Crippen molar-refractivity contribution in [2.75, 3.05) is 20.1 Å². The predicted molar refractivity (Wildman–Crippen MR) is 73.4 cm³/mol. The lowest BCUT2D eigenvalue weighted by Crippen LogP contribution is -2.47. The number of nitrogens with one attached hydrogen (secondary N) is 1. The molecule has 0 bridgehead atoms. The maximum absolute atomic E-state index is 12.7. The highest BCUT2D eigenvalue weighted by molar-refractivity contribution is 5.81. The highest BCUT2D eigenvalue weighted by atomic mass is 19.1. The molecule has 0 aliphatic carbocycles. The molecule has 1 saturated heterocycles. The highest BCUT2D eigenvalue weighted by Gasteiger charge is 2.25. The van der Waals surface area contributed by atoms with Gasteiger partial charge in [0.25, 0.3) is 0 Å². The molecule has 0 aromatic heterocycles. The van der Waals surface area contributed by atoms with E-state index in [9.17, 15) is 9.18 Å². The van der Waals surface area contributed by atoms with Crippen molar-refractivity contribution >= 4 is 5.91 Å². The molecule has 104 valence electrons. The number of amides is 1. The van der Waals surface area contributed by atoms with Gasteiger partial charge >= 0.3 is 0 Å². The Morgan fingerprint density at radius 3 is 2.79 bits per heavy atom. The first-order chi connectivity index (χ1) is 9.16. The quantitative estimate of drug-likeness (QED) is 0.901. The van der Waals surface area contributed by atoms with E-state index in [4.69, 9.17) is 0 Å². The van der Waals surface area contributed by atoms with E-state index in [1.54, 1.807) is 12.1 Å². The lowest BCUT2D eigenvalue weighted by Gasteiger charge is -2.31. The summed E-state index contributed by atoms with van der Waals surface area (Å²) in [7, 11) is 2.00. The molecule has 1 aromatic carbocycles. The Labute approximate surface area is 113 Å². The Kier molecular flexibility index (Phi) is 4.91. The SMILES string of the molecule is CN1CCCCC1C(=O)NCCc1ccc(F)cc1. The fourth-order valence-electron chi connectivity index (χ4n) is 2.51. The van der Waals surface area contributed by atoms with Crippen LogP contribution in [-0.4, -0.2) is 37.0 Å². The van der Waals surface area contributed by atoms with Crippen LogP contribution in [-0.2, 0) is 11.2 Å². The smallest absolute Gasteiger partial charge is 0.237 e. The first kappa shape index (κ1) is 14.0. The van der Waals surface area contributed by atoms with Crippen molar-refractivity contribution in [1.82, 2.24) is 10.2 Å². The summed E-state index contributed by atoms with van der Waals surface area (Å²) >= 11 is 0. The third-order valence-corrected chi connectivity index (χ3v) is 3.70. The van der Waals surface area contributed by atoms with E-state index in [1.807, 2.05) is 7.05 Å². The van der Waals surface area contributed by atoms with E-state index in [0.717, 1.165) is 31.4 Å². The summed E-state index contributed by atoms with van der Waals surface area (Å²) in [4.78, 5) is 14.2. The van der Waals surface area contributed by atoms with Crippen molar-refractivity contribution < 1.29 is 9.18 Å². The van der Waals surface area contributed by atoms with Crippen LogP contribution in [0.4, 0.5) is 4.39 Å². The van der Waals surface area contributed by atoms with Crippen molar-refractivity contribution in [2.24, 2.45) is 0 Å². The maximum atomic E-state index is 12.7. The number of carbonyl (C=O) groups is 1. The molecule has 1 unspecified atom stereocenters. The Morgan fingerprint density at radius 1 is 1.37 bits per heavy atom. The summed E-state index contributed by atoms with van der Waals surface area (Å²) in [6.45, 7) is 1.60. The zero-order valence-electron chi connectivity index (χ0n) is 11.4. The number of piperidine rings is 1. The van der Waals surface area contributed by atoms with Crippen LogP contribution in [0.2, 0.25) is 0 Å². The number of likely N-dealkylation sites (N-methyl/N-ethyl adjacent to an activating group) is 1. The molecule has 19 heavy (non-hydrogen) atoms. The number of rotatable bonds is 4. The average molecular weight is 264 g/mol. The standard InChI is InChI=1S/C15H21FN2O/c1-18-11-3-2-4-14(18)15(19)17-10-9-12-5-7-13(16)8-6-12/h5-8,14H,2-4,9-11H2,1H3,(H,17,19). The van der Waals surface area contributed by atoms with Gasteiger partial charge in [-0.1, -0.05) is 18.6 Å². The Balaban J connectivity index is 1.75. The van der Waals surface area contributed by atoms with E-state index in [-0.39, 0.29) is 17.8 Å². The van der Waals surface area contributed by atoms with Gasteiger partial charge in [-0.2, -0.15) is 0 Å². The van der Waals surface area contributed by atoms with Crippen molar-refractivity contribution in [3.05, 3.63) is 35.6 Å². The molecule has 1 aliphatic heterocycles. The molecule has 0 radical (unpaired) electrons. The largest absolute Gasteiger partial charge is 0.354 e. The third-order valence-electron chi connectivity index (χ3n) is 3.70. The normalized spacial score (nSPS) is 20.2. The molecule has 0 saturated carbocycles. The number of nitrogens with zero attached hydrogens (tertiary/aromatic N) is 1. The summed E-state index contributed by atoms with van der Waals surface area (Å²) in [6.07, 6.45) is 3.98. The van der Waals surface area contributed by atoms with Gasteiger partial charge in [0.15, 0.2) is 0 Å². The average Bonchev–Trinajstić information content (AvgIpc) is 2.41. The second kappa shape index (κ2) is 6.66. The van der Waals surface area contributed by atoms with Crippen molar-refractivity contribution in [2.45, 2.75) is 31.7 Å². The van der Waals surface area contributed by atoms with Gasteiger partial charge in [0.1, 0.15) is 5.82 Å². The highest BCUT2D eigenvalue weighted by Crippen LogP contribution is 2.14. The Bertz CT molecular complexity index is 419. The van der Waals surface area contributed by atoms with E-state index in [1.165, 1.54) is 18.6 Å². The summed E-state index contributed by atoms with van der Waals surface area (Å²) < 4.78 is 12.7. The topological polar surface area (TPSA) is 32.3 Å². The fraction of sp³-hybridized carbons (Fsp3) is 0.533. The van der Waals surface area contributed by atoms with Gasteiger partial charge in [0.05, 0.1) is 6.04 Å². The molecular formula is C15H21FN2O. The van der Waals surface area contributed by atoms with Crippen LogP contribution in [0.5, 0.6) is 0 Å². The van der Waals surface area contributed by atoms with E-state index in [2.05, 4.69) is 10.2 Å². The fourth-order valence-corrected chi connectivity index (χ4v) is 2.51. The van der Waals surface area contributed by atoms with Gasteiger partial charge in [0, 0.05) is 6.54 Å². The molecule has 1 fully saturated rings. The first-order valence-electron chi connectivity index (χ1n) is 6.89. The summed E-state index contributed by atoms with van der Waals surface area (Å²) in [5.41, 5.74) is 1.04. The maximum Gasteiger partial charge on any atom is 0.237 e. The zero-order chi connectivity index (χ0) is 13.7. The molecule has 3 nitrogen and oxygen atoms in total. The monoisotopic (exact) mass is 264 g/mol. The molecular weight excluding hydrogens is 243 g/mol. The summed E-state index contributed by atoms with van der Waals surface area (Å²) in [5, 5.41) is 2.97. The lowest BCUT2D eigenvalue weighted by molar-refractivity contribution is -0.126. The zero-order valence-corrected chi connectivity index (χ0v) is 11.4. The van der Waals surface area contributed by atoms with Gasteiger partial charge in [-0.15, -0.1) is 0 Å². The third kappa shape index (κ3) is 4.03. The predicted octanol–water partition coefficient (Wildman–Crippen LogP) is 1.97. The molecule has 0 spiro atoms. The van der Waals surface area contributed by atoms with Gasteiger partial charge in [0.2, 0.25) is 5.91 Å². The van der Waals surface area contributed by atoms with Crippen molar-refractivity contribution in [3.63, 3.8) is 0 Å². The molecule has 4 heteroatoms. The lowest BCUT2D eigenvalue weighted by atomic mass is 10.0. The first-order valence-corrected chi connectivity index (χ1v) is 6.89. The second-order valence-electron chi connectivity index (χ2n) is 5.16. The molecule has 1 atom stereocenters. The number of halogens is 1. The van der Waals surface area contributed by atoms with E-state index >= 15 is 0 Å². The van der Waals surface area contributed by atoms with Gasteiger partial charge in [-0.3, -0.25) is 9.69 Å². The minimum atomic E-state index is -0.225. The van der Waals surface area contributed by atoms with Crippen LogP contribution in [0.15, 0.2) is 24.3 Å². The molecule has 1 heterocycles. The summed E-state index contributed by atoms with van der Waals surface area (Å²) in [5.74, 6) is -0.110. The van der Waals surface area contributed by atoms with Gasteiger partial charge < -0.3 is 5.32 Å².